The van der Waals surface area contributed by atoms with E-state index in [0.29, 0.717) is 37.3 Å². The van der Waals surface area contributed by atoms with Crippen molar-refractivity contribution in [1.82, 2.24) is 26.2 Å². The molecule has 3 aromatic carbocycles. The summed E-state index contributed by atoms with van der Waals surface area (Å²) in [7, 11) is 0. The zero-order valence-corrected chi connectivity index (χ0v) is 35.4. The van der Waals surface area contributed by atoms with Crippen molar-refractivity contribution in [1.29, 1.82) is 0 Å². The lowest BCUT2D eigenvalue weighted by Crippen LogP contribution is -2.58. The molecule has 57 heavy (non-hydrogen) atoms. The van der Waals surface area contributed by atoms with Gasteiger partial charge in [-0.25, -0.2) is 0 Å². The molecule has 0 bridgehead atoms. The van der Waals surface area contributed by atoms with Crippen molar-refractivity contribution in [3.05, 3.63) is 106 Å². The molecule has 4 N–H and O–H groups in total. The molecular weight excluding hydrogens is 751 g/mol. The van der Waals surface area contributed by atoms with Gasteiger partial charge in [-0.05, 0) is 89.0 Å². The zero-order chi connectivity index (χ0) is 40.4. The van der Waals surface area contributed by atoms with Crippen LogP contribution in [-0.2, 0) is 45.1 Å². The Morgan fingerprint density at radius 3 is 1.98 bits per heavy atom. The maximum Gasteiger partial charge on any atom is 0.246 e. The van der Waals surface area contributed by atoms with Crippen LogP contribution in [0.2, 0.25) is 0 Å². The molecule has 7 rings (SSSR count). The molecule has 7 atom stereocenters. The molecule has 0 radical (unpaired) electrons. The van der Waals surface area contributed by atoms with Gasteiger partial charge in [0.15, 0.2) is 0 Å². The molecule has 0 aromatic heterocycles. The molecular formula is C46H57N5O4S2. The molecule has 2 aliphatic carbocycles. The lowest BCUT2D eigenvalue weighted by atomic mass is 9.75. The number of hydrogen-bond donors (Lipinski definition) is 4. The fourth-order valence-electron chi connectivity index (χ4n) is 9.40. The summed E-state index contributed by atoms with van der Waals surface area (Å²) >= 11 is 7.31. The Balaban J connectivity index is 0.997. The molecule has 4 amide bonds. The van der Waals surface area contributed by atoms with Crippen molar-refractivity contribution < 1.29 is 19.2 Å². The van der Waals surface area contributed by atoms with Gasteiger partial charge in [0.1, 0.15) is 12.1 Å². The number of fused-ring (bicyclic) bond motifs is 3. The van der Waals surface area contributed by atoms with E-state index < -0.39 is 29.5 Å². The normalized spacial score (nSPS) is 26.3. The summed E-state index contributed by atoms with van der Waals surface area (Å²) in [6, 6.07) is 22.7. The largest absolute Gasteiger partial charge is 0.368 e. The quantitative estimate of drug-likeness (QED) is 0.168. The van der Waals surface area contributed by atoms with Crippen molar-refractivity contribution in [2.45, 2.75) is 116 Å². The predicted octanol–water partition coefficient (Wildman–Crippen LogP) is 6.74. The van der Waals surface area contributed by atoms with Crippen LogP contribution in [0.4, 0.5) is 0 Å². The molecule has 4 aliphatic rings. The van der Waals surface area contributed by atoms with Crippen LogP contribution in [-0.4, -0.2) is 56.7 Å². The van der Waals surface area contributed by atoms with Crippen molar-refractivity contribution in [3.8, 4) is 0 Å². The second-order valence-corrected chi connectivity index (χ2v) is 19.1. The van der Waals surface area contributed by atoms with Gasteiger partial charge in [-0.2, -0.15) is 0 Å². The highest BCUT2D eigenvalue weighted by molar-refractivity contribution is 7.99. The Bertz CT molecular complexity index is 2000. The number of rotatable bonds is 10. The average molecular weight is 808 g/mol. The maximum atomic E-state index is 14.6. The molecule has 9 nitrogen and oxygen atoms in total. The average Bonchev–Trinajstić information content (AvgIpc) is 3.40. The van der Waals surface area contributed by atoms with E-state index in [9.17, 15) is 19.2 Å². The highest BCUT2D eigenvalue weighted by atomic mass is 32.2. The molecule has 2 aliphatic heterocycles. The number of carbonyl (C=O) groups is 4. The second kappa shape index (κ2) is 17.3. The monoisotopic (exact) mass is 807 g/mol. The number of benzene rings is 3. The summed E-state index contributed by atoms with van der Waals surface area (Å²) in [5.41, 5.74) is 6.15. The van der Waals surface area contributed by atoms with Gasteiger partial charge < -0.3 is 26.2 Å². The number of thioether (sulfide) groups is 1. The van der Waals surface area contributed by atoms with E-state index in [4.69, 9.17) is 12.2 Å². The van der Waals surface area contributed by atoms with Crippen LogP contribution in [0.15, 0.2) is 72.8 Å². The molecule has 0 spiro atoms. The van der Waals surface area contributed by atoms with E-state index in [-0.39, 0.29) is 46.8 Å². The number of amides is 4. The number of carbonyl (C=O) groups excluding carboxylic acids is 4. The molecule has 0 saturated carbocycles. The lowest BCUT2D eigenvalue weighted by Gasteiger charge is -2.38. The van der Waals surface area contributed by atoms with Gasteiger partial charge in [-0.1, -0.05) is 120 Å². The van der Waals surface area contributed by atoms with Gasteiger partial charge in [0, 0.05) is 24.9 Å². The zero-order valence-electron chi connectivity index (χ0n) is 33.8. The molecule has 2 saturated heterocycles. The van der Waals surface area contributed by atoms with Gasteiger partial charge in [0.25, 0.3) is 0 Å². The highest BCUT2D eigenvalue weighted by Gasteiger charge is 2.55. The molecule has 2 fully saturated rings. The molecule has 2 heterocycles. The van der Waals surface area contributed by atoms with Crippen LogP contribution in [0.5, 0.6) is 0 Å². The fourth-order valence-corrected chi connectivity index (χ4v) is 11.1. The van der Waals surface area contributed by atoms with Crippen molar-refractivity contribution in [2.24, 2.45) is 23.2 Å². The first-order valence-electron chi connectivity index (χ1n) is 20.7. The van der Waals surface area contributed by atoms with Gasteiger partial charge in [-0.3, -0.25) is 19.2 Å². The SMILES string of the molecule is CC(C)C(=S)N[C@H]1CCS[C@H]2CC(C)(C)[C@@H](C(=O)N[C@@H]3c4ccccc4CC[C@H]3C(=O)NCc3ccc(CNC(=O)[C@@H]4CCc5ccccc5[C@@H]4C)cc3)N2C1=O. The Hall–Kier alpha value is -4.22. The number of nitrogens with one attached hydrogen (secondary N) is 4. The van der Waals surface area contributed by atoms with Crippen LogP contribution < -0.4 is 21.3 Å². The minimum atomic E-state index is -0.693. The predicted molar refractivity (Wildman–Crippen MR) is 230 cm³/mol. The van der Waals surface area contributed by atoms with Crippen molar-refractivity contribution in [2.75, 3.05) is 5.75 Å². The van der Waals surface area contributed by atoms with Crippen LogP contribution in [0, 0.1) is 23.2 Å². The van der Waals surface area contributed by atoms with Crippen LogP contribution in [0.25, 0.3) is 0 Å². The van der Waals surface area contributed by atoms with Gasteiger partial charge in [0.2, 0.25) is 23.6 Å². The molecule has 302 valence electrons. The first-order chi connectivity index (χ1) is 27.3. The Kier molecular flexibility index (Phi) is 12.5. The summed E-state index contributed by atoms with van der Waals surface area (Å²) in [6.07, 6.45) is 4.44. The summed E-state index contributed by atoms with van der Waals surface area (Å²) in [5, 5.41) is 12.8. The van der Waals surface area contributed by atoms with Gasteiger partial charge in [0.05, 0.1) is 22.3 Å². The number of thiocarbonyl (C=S) groups is 1. The van der Waals surface area contributed by atoms with Gasteiger partial charge >= 0.3 is 0 Å². The van der Waals surface area contributed by atoms with E-state index in [1.54, 1.807) is 11.8 Å². The van der Waals surface area contributed by atoms with Crippen LogP contribution in [0.1, 0.15) is 106 Å². The van der Waals surface area contributed by atoms with Gasteiger partial charge in [-0.15, -0.1) is 11.8 Å². The number of hydrogen-bond acceptors (Lipinski definition) is 6. The third kappa shape index (κ3) is 8.80. The fraction of sp³-hybridized carbons (Fsp3) is 0.500. The second-order valence-electron chi connectivity index (χ2n) is 17.4. The first kappa shape index (κ1) is 41.0. The van der Waals surface area contributed by atoms with E-state index in [2.05, 4.69) is 66.3 Å². The minimum absolute atomic E-state index is 0.0456. The van der Waals surface area contributed by atoms with Crippen LogP contribution >= 0.6 is 24.0 Å². The third-order valence-electron chi connectivity index (χ3n) is 12.7. The van der Waals surface area contributed by atoms with Crippen LogP contribution in [0.3, 0.4) is 0 Å². The third-order valence-corrected chi connectivity index (χ3v) is 14.5. The highest BCUT2D eigenvalue weighted by Crippen LogP contribution is 2.47. The molecule has 0 unspecified atom stereocenters. The molecule has 11 heteroatoms. The van der Waals surface area contributed by atoms with Crippen molar-refractivity contribution >= 4 is 52.6 Å². The Morgan fingerprint density at radius 2 is 1.35 bits per heavy atom. The lowest BCUT2D eigenvalue weighted by molar-refractivity contribution is -0.143. The standard InChI is InChI=1S/C46H57N5O4S2/c1-27(2)44(56)49-37-22-23-57-38-24-46(4,5)40(51(38)45(37)55)43(54)50-39-35-13-9-7-11-32(35)19-21-36(39)42(53)48-26-30-16-14-29(15-17-30)25-47-41(52)34-20-18-31-10-6-8-12-33(31)28(34)3/h6-17,27-28,34,36-40H,18-26H2,1-5H3,(H,47,52)(H,48,53)(H,49,56)(H,50,54)/t28-,34+,36+,37-,38-,39+,40+/m0/s1. The molecule has 3 aromatic rings. The number of aryl methyl sites for hydroxylation is 2. The smallest absolute Gasteiger partial charge is 0.246 e. The van der Waals surface area contributed by atoms with E-state index >= 15 is 0 Å². The Morgan fingerprint density at radius 1 is 0.789 bits per heavy atom. The van der Waals surface area contributed by atoms with Crippen molar-refractivity contribution in [3.63, 3.8) is 0 Å². The van der Waals surface area contributed by atoms with E-state index in [0.717, 1.165) is 47.3 Å². The topological polar surface area (TPSA) is 120 Å². The summed E-state index contributed by atoms with van der Waals surface area (Å²) < 4.78 is 0. The van der Waals surface area contributed by atoms with E-state index in [1.165, 1.54) is 11.1 Å². The minimum Gasteiger partial charge on any atom is -0.368 e. The summed E-state index contributed by atoms with van der Waals surface area (Å²) in [4.78, 5) is 58.5. The van der Waals surface area contributed by atoms with E-state index in [1.807, 2.05) is 67.3 Å². The maximum absolute atomic E-state index is 14.6. The summed E-state index contributed by atoms with van der Waals surface area (Å²) in [6.45, 7) is 11.1. The number of nitrogens with zero attached hydrogens (tertiary/aromatic N) is 1. The summed E-state index contributed by atoms with van der Waals surface area (Å²) in [5.74, 6) is 0.204. The first-order valence-corrected chi connectivity index (χ1v) is 22.1. The Labute approximate surface area is 347 Å².